The smallest absolute Gasteiger partial charge is 0.236 e. The number of alkyl halides is 1. The van der Waals surface area contributed by atoms with Crippen molar-refractivity contribution in [1.82, 2.24) is 0 Å². The molecular formula is C9H10ClFO2S. The molecule has 0 fully saturated rings. The highest BCUT2D eigenvalue weighted by Gasteiger charge is 2.07. The van der Waals surface area contributed by atoms with E-state index in [9.17, 15) is 12.8 Å². The van der Waals surface area contributed by atoms with Crippen molar-refractivity contribution in [3.63, 3.8) is 0 Å². The van der Waals surface area contributed by atoms with Crippen molar-refractivity contribution in [2.24, 2.45) is 0 Å². The Hall–Kier alpha value is -0.610. The molecule has 1 aromatic rings. The van der Waals surface area contributed by atoms with Gasteiger partial charge in [-0.3, -0.25) is 4.39 Å². The topological polar surface area (TPSA) is 34.1 Å². The lowest BCUT2D eigenvalue weighted by Gasteiger charge is -2.01. The number of rotatable bonds is 4. The Morgan fingerprint density at radius 3 is 2.50 bits per heavy atom. The Balaban J connectivity index is 2.83. The van der Waals surface area contributed by atoms with Gasteiger partial charge in [-0.2, -0.15) is 0 Å². The Bertz CT molecular complexity index is 403. The zero-order chi connectivity index (χ0) is 10.6. The van der Waals surface area contributed by atoms with Crippen LogP contribution < -0.4 is 0 Å². The highest BCUT2D eigenvalue weighted by atomic mass is 35.7. The van der Waals surface area contributed by atoms with Crippen LogP contribution in [0.3, 0.4) is 0 Å². The average Bonchev–Trinajstić information content (AvgIpc) is 2.02. The van der Waals surface area contributed by atoms with Crippen LogP contribution in [0.2, 0.25) is 0 Å². The quantitative estimate of drug-likeness (QED) is 0.752. The van der Waals surface area contributed by atoms with Crippen molar-refractivity contribution in [2.45, 2.75) is 12.2 Å². The third kappa shape index (κ3) is 4.07. The van der Waals surface area contributed by atoms with Gasteiger partial charge in [0.15, 0.2) is 0 Å². The van der Waals surface area contributed by atoms with E-state index in [0.717, 1.165) is 5.56 Å². The van der Waals surface area contributed by atoms with Crippen LogP contribution in [0.4, 0.5) is 4.39 Å². The largest absolute Gasteiger partial charge is 0.251 e. The summed E-state index contributed by atoms with van der Waals surface area (Å²) in [6.07, 6.45) is 0.302. The Kier molecular flexibility index (Phi) is 3.89. The molecule has 0 saturated heterocycles. The maximum absolute atomic E-state index is 12.0. The molecule has 0 saturated carbocycles. The molecule has 1 aromatic carbocycles. The molecule has 0 atom stereocenters. The first-order valence-electron chi connectivity index (χ1n) is 4.07. The summed E-state index contributed by atoms with van der Waals surface area (Å²) in [7, 11) is 1.56. The molecule has 2 nitrogen and oxygen atoms in total. The second-order valence-electron chi connectivity index (χ2n) is 2.94. The molecule has 0 unspecified atom stereocenters. The normalized spacial score (nSPS) is 11.6. The van der Waals surface area contributed by atoms with E-state index in [0.29, 0.717) is 12.0 Å². The van der Waals surface area contributed by atoms with Crippen molar-refractivity contribution in [3.05, 3.63) is 35.4 Å². The molecule has 0 N–H and O–H groups in total. The first kappa shape index (κ1) is 11.5. The van der Waals surface area contributed by atoms with Gasteiger partial charge in [0.2, 0.25) is 9.05 Å². The van der Waals surface area contributed by atoms with Gasteiger partial charge in [-0.05, 0) is 11.1 Å². The lowest BCUT2D eigenvalue weighted by molar-refractivity contribution is 0.495. The second kappa shape index (κ2) is 4.75. The van der Waals surface area contributed by atoms with Crippen molar-refractivity contribution in [3.8, 4) is 0 Å². The van der Waals surface area contributed by atoms with Crippen LogP contribution in [-0.4, -0.2) is 15.1 Å². The van der Waals surface area contributed by atoms with E-state index in [-0.39, 0.29) is 5.75 Å². The fourth-order valence-electron chi connectivity index (χ4n) is 1.18. The minimum absolute atomic E-state index is 0.214. The van der Waals surface area contributed by atoms with Gasteiger partial charge in [-0.1, -0.05) is 24.3 Å². The maximum atomic E-state index is 12.0. The summed E-state index contributed by atoms with van der Waals surface area (Å²) in [6, 6.07) is 6.76. The number of hydrogen-bond acceptors (Lipinski definition) is 2. The van der Waals surface area contributed by atoms with Crippen molar-refractivity contribution < 1.29 is 12.8 Å². The lowest BCUT2D eigenvalue weighted by Crippen LogP contribution is -1.96. The van der Waals surface area contributed by atoms with Crippen LogP contribution in [0.1, 0.15) is 11.1 Å². The summed E-state index contributed by atoms with van der Waals surface area (Å²) in [5.74, 6) is -0.214. The van der Waals surface area contributed by atoms with Crippen LogP contribution in [0, 0.1) is 0 Å². The Morgan fingerprint density at radius 2 is 1.93 bits per heavy atom. The van der Waals surface area contributed by atoms with Gasteiger partial charge < -0.3 is 0 Å². The van der Waals surface area contributed by atoms with Crippen LogP contribution in [0.5, 0.6) is 0 Å². The first-order chi connectivity index (χ1) is 6.51. The Labute approximate surface area is 87.1 Å². The molecule has 0 bridgehead atoms. The van der Waals surface area contributed by atoms with Gasteiger partial charge in [0, 0.05) is 17.1 Å². The molecule has 0 aromatic heterocycles. The molecule has 0 spiro atoms. The molecule has 0 radical (unpaired) electrons. The van der Waals surface area contributed by atoms with E-state index < -0.39 is 15.7 Å². The van der Waals surface area contributed by atoms with E-state index in [1.54, 1.807) is 24.3 Å². The minimum atomic E-state index is -3.53. The summed E-state index contributed by atoms with van der Waals surface area (Å²) >= 11 is 0. The highest BCUT2D eigenvalue weighted by Crippen LogP contribution is 2.12. The van der Waals surface area contributed by atoms with Crippen molar-refractivity contribution >= 4 is 19.7 Å². The molecule has 5 heteroatoms. The average molecular weight is 237 g/mol. The summed E-state index contributed by atoms with van der Waals surface area (Å²) in [5, 5.41) is 0. The van der Waals surface area contributed by atoms with Gasteiger partial charge in [0.1, 0.15) is 0 Å². The molecule has 1 rings (SSSR count). The second-order valence-corrected chi connectivity index (χ2v) is 5.72. The number of halogens is 2. The monoisotopic (exact) mass is 236 g/mol. The molecule has 0 amide bonds. The van der Waals surface area contributed by atoms with Crippen molar-refractivity contribution in [2.75, 3.05) is 6.67 Å². The van der Waals surface area contributed by atoms with Gasteiger partial charge >= 0.3 is 0 Å². The fraction of sp³-hybridized carbons (Fsp3) is 0.333. The van der Waals surface area contributed by atoms with E-state index >= 15 is 0 Å². The van der Waals surface area contributed by atoms with Crippen molar-refractivity contribution in [1.29, 1.82) is 0 Å². The van der Waals surface area contributed by atoms with Crippen LogP contribution in [-0.2, 0) is 21.2 Å². The van der Waals surface area contributed by atoms with E-state index in [1.807, 2.05) is 0 Å². The Morgan fingerprint density at radius 1 is 1.29 bits per heavy atom. The van der Waals surface area contributed by atoms with Gasteiger partial charge in [-0.15, -0.1) is 0 Å². The summed E-state index contributed by atoms with van der Waals surface area (Å²) in [6.45, 7) is -0.447. The number of benzene rings is 1. The molecule has 0 aliphatic heterocycles. The number of hydrogen-bond donors (Lipinski definition) is 0. The third-order valence-electron chi connectivity index (χ3n) is 1.71. The fourth-order valence-corrected chi connectivity index (χ4v) is 2.14. The van der Waals surface area contributed by atoms with Gasteiger partial charge in [0.05, 0.1) is 12.4 Å². The lowest BCUT2D eigenvalue weighted by atomic mass is 10.1. The minimum Gasteiger partial charge on any atom is -0.251 e. The summed E-state index contributed by atoms with van der Waals surface area (Å²) in [5.41, 5.74) is 1.37. The third-order valence-corrected chi connectivity index (χ3v) is 2.72. The number of aryl methyl sites for hydroxylation is 1. The van der Waals surface area contributed by atoms with E-state index in [2.05, 4.69) is 0 Å². The standard InChI is InChI=1S/C9H10ClFO2S/c10-14(12,13)7-9-3-1-2-8(6-9)4-5-11/h1-3,6H,4-5,7H2. The predicted molar refractivity (Wildman–Crippen MR) is 54.6 cm³/mol. The van der Waals surface area contributed by atoms with Crippen LogP contribution in [0.15, 0.2) is 24.3 Å². The molecule has 14 heavy (non-hydrogen) atoms. The molecule has 0 aliphatic carbocycles. The maximum Gasteiger partial charge on any atom is 0.236 e. The predicted octanol–water partition coefficient (Wildman–Crippen LogP) is 2.27. The van der Waals surface area contributed by atoms with Crippen LogP contribution in [0.25, 0.3) is 0 Å². The van der Waals surface area contributed by atoms with E-state index in [1.165, 1.54) is 0 Å². The summed E-state index contributed by atoms with van der Waals surface area (Å²) < 4.78 is 33.5. The molecular weight excluding hydrogens is 227 g/mol. The molecule has 0 heterocycles. The zero-order valence-electron chi connectivity index (χ0n) is 7.41. The van der Waals surface area contributed by atoms with Gasteiger partial charge in [0.25, 0.3) is 0 Å². The summed E-state index contributed by atoms with van der Waals surface area (Å²) in [4.78, 5) is 0. The van der Waals surface area contributed by atoms with Crippen LogP contribution >= 0.6 is 10.7 Å². The first-order valence-corrected chi connectivity index (χ1v) is 6.55. The van der Waals surface area contributed by atoms with E-state index in [4.69, 9.17) is 10.7 Å². The zero-order valence-corrected chi connectivity index (χ0v) is 8.98. The molecule has 0 aliphatic rings. The molecule has 78 valence electrons. The highest BCUT2D eigenvalue weighted by molar-refractivity contribution is 8.13. The SMILES string of the molecule is O=S(=O)(Cl)Cc1cccc(CCF)c1. The van der Waals surface area contributed by atoms with Gasteiger partial charge in [-0.25, -0.2) is 8.42 Å².